The number of esters is 1. The molecule has 3 aromatic rings. The third kappa shape index (κ3) is 3.55. The number of fused-ring (bicyclic) bond motifs is 1. The Balaban J connectivity index is 1.67. The summed E-state index contributed by atoms with van der Waals surface area (Å²) in [5, 5.41) is 4.64. The van der Waals surface area contributed by atoms with E-state index in [9.17, 15) is 4.79 Å². The average Bonchev–Trinajstić information content (AvgIpc) is 3.29. The van der Waals surface area contributed by atoms with E-state index >= 15 is 0 Å². The zero-order valence-electron chi connectivity index (χ0n) is 15.7. The highest BCUT2D eigenvalue weighted by Crippen LogP contribution is 2.31. The summed E-state index contributed by atoms with van der Waals surface area (Å²) in [5.41, 5.74) is 4.76. The zero-order valence-corrected chi connectivity index (χ0v) is 15.7. The smallest absolute Gasteiger partial charge is 0.323 e. The molecule has 0 unspecified atom stereocenters. The van der Waals surface area contributed by atoms with Crippen molar-refractivity contribution < 1.29 is 9.53 Å². The van der Waals surface area contributed by atoms with Crippen LogP contribution in [0.15, 0.2) is 54.7 Å². The van der Waals surface area contributed by atoms with Crippen LogP contribution in [0.1, 0.15) is 23.5 Å². The lowest BCUT2D eigenvalue weighted by Gasteiger charge is -2.21. The highest BCUT2D eigenvalue weighted by Gasteiger charge is 2.28. The molecule has 1 aliphatic rings. The van der Waals surface area contributed by atoms with Crippen molar-refractivity contribution in [3.8, 4) is 0 Å². The molecule has 2 heterocycles. The van der Waals surface area contributed by atoms with E-state index in [-0.39, 0.29) is 17.9 Å². The third-order valence-electron chi connectivity index (χ3n) is 5.31. The summed E-state index contributed by atoms with van der Waals surface area (Å²) in [5.74, 6) is 0.00129. The van der Waals surface area contributed by atoms with Crippen molar-refractivity contribution in [2.75, 3.05) is 32.1 Å². The van der Waals surface area contributed by atoms with Crippen LogP contribution in [0, 0.1) is 0 Å². The molecule has 5 heteroatoms. The number of ether oxygens (including phenoxy) is 1. The van der Waals surface area contributed by atoms with Gasteiger partial charge < -0.3 is 19.9 Å². The molecule has 1 fully saturated rings. The van der Waals surface area contributed by atoms with Gasteiger partial charge in [0.2, 0.25) is 0 Å². The summed E-state index contributed by atoms with van der Waals surface area (Å²) in [6.45, 7) is 1.19. The fourth-order valence-electron chi connectivity index (χ4n) is 3.74. The number of rotatable bonds is 6. The molecule has 0 radical (unpaired) electrons. The second-order valence-corrected chi connectivity index (χ2v) is 7.25. The van der Waals surface area contributed by atoms with Gasteiger partial charge in [0.05, 0.1) is 6.61 Å². The number of H-pyrrole nitrogens is 1. The van der Waals surface area contributed by atoms with Gasteiger partial charge in [-0.2, -0.15) is 0 Å². The largest absolute Gasteiger partial charge is 0.464 e. The summed E-state index contributed by atoms with van der Waals surface area (Å²) in [6.07, 6.45) is 2.82. The van der Waals surface area contributed by atoms with Gasteiger partial charge in [0.25, 0.3) is 0 Å². The number of aromatic amines is 1. The van der Waals surface area contributed by atoms with Crippen molar-refractivity contribution >= 4 is 22.6 Å². The van der Waals surface area contributed by atoms with Crippen LogP contribution in [0.5, 0.6) is 0 Å². The molecule has 2 atom stereocenters. The molecule has 0 saturated carbocycles. The molecule has 2 N–H and O–H groups in total. The number of aromatic nitrogens is 1. The van der Waals surface area contributed by atoms with Crippen LogP contribution < -0.4 is 10.2 Å². The van der Waals surface area contributed by atoms with E-state index < -0.39 is 0 Å². The van der Waals surface area contributed by atoms with Crippen molar-refractivity contribution in [1.82, 2.24) is 10.3 Å². The molecule has 1 aliphatic heterocycles. The molecule has 0 spiro atoms. The minimum absolute atomic E-state index is 0.143. The van der Waals surface area contributed by atoms with Gasteiger partial charge in [-0.1, -0.05) is 30.3 Å². The molecule has 4 rings (SSSR count). The average molecular weight is 363 g/mol. The van der Waals surface area contributed by atoms with Gasteiger partial charge in [0.15, 0.2) is 0 Å². The first-order valence-corrected chi connectivity index (χ1v) is 9.37. The van der Waals surface area contributed by atoms with E-state index in [2.05, 4.69) is 63.9 Å². The summed E-state index contributed by atoms with van der Waals surface area (Å²) < 4.78 is 5.09. The molecule has 0 bridgehead atoms. The lowest BCUT2D eigenvalue weighted by molar-refractivity contribution is -0.139. The third-order valence-corrected chi connectivity index (χ3v) is 5.31. The number of carbonyl (C=O) groups is 1. The second kappa shape index (κ2) is 7.45. The minimum atomic E-state index is -0.209. The van der Waals surface area contributed by atoms with E-state index in [1.165, 1.54) is 22.2 Å². The van der Waals surface area contributed by atoms with Crippen LogP contribution in [-0.4, -0.2) is 44.2 Å². The Labute approximate surface area is 159 Å². The number of carbonyl (C=O) groups excluding carboxylic acids is 1. The lowest BCUT2D eigenvalue weighted by Crippen LogP contribution is -2.36. The highest BCUT2D eigenvalue weighted by molar-refractivity contribution is 5.84. The topological polar surface area (TPSA) is 57.4 Å². The number of hydrogen-bond donors (Lipinski definition) is 2. The molecule has 27 heavy (non-hydrogen) atoms. The first-order chi connectivity index (χ1) is 13.1. The summed E-state index contributed by atoms with van der Waals surface area (Å²) in [7, 11) is 4.08. The molecule has 1 saturated heterocycles. The predicted octanol–water partition coefficient (Wildman–Crippen LogP) is 3.27. The van der Waals surface area contributed by atoms with Crippen LogP contribution in [0.25, 0.3) is 10.9 Å². The van der Waals surface area contributed by atoms with Crippen molar-refractivity contribution in [2.45, 2.75) is 18.4 Å². The fraction of sp³-hybridized carbons (Fsp3) is 0.318. The highest BCUT2D eigenvalue weighted by atomic mass is 16.5. The molecule has 1 aromatic heterocycles. The Morgan fingerprint density at radius 2 is 1.96 bits per heavy atom. The lowest BCUT2D eigenvalue weighted by atomic mass is 9.90. The Morgan fingerprint density at radius 3 is 2.67 bits per heavy atom. The predicted molar refractivity (Wildman–Crippen MR) is 108 cm³/mol. The summed E-state index contributed by atoms with van der Waals surface area (Å²) in [4.78, 5) is 17.3. The van der Waals surface area contributed by atoms with Crippen molar-refractivity contribution in [3.05, 3.63) is 65.9 Å². The maximum atomic E-state index is 11.8. The van der Waals surface area contributed by atoms with Gasteiger partial charge in [-0.05, 0) is 29.3 Å². The first-order valence-electron chi connectivity index (χ1n) is 9.37. The number of hydrogen-bond acceptors (Lipinski definition) is 4. The molecule has 2 aromatic carbocycles. The van der Waals surface area contributed by atoms with Gasteiger partial charge >= 0.3 is 5.97 Å². The first kappa shape index (κ1) is 17.6. The number of benzene rings is 2. The Bertz CT molecular complexity index is 930. The molecule has 5 nitrogen and oxygen atoms in total. The zero-order chi connectivity index (χ0) is 18.8. The van der Waals surface area contributed by atoms with Gasteiger partial charge in [-0.15, -0.1) is 0 Å². The number of cyclic esters (lactones) is 1. The quantitative estimate of drug-likeness (QED) is 0.660. The molecular formula is C22H25N3O2. The van der Waals surface area contributed by atoms with E-state index in [4.69, 9.17) is 4.74 Å². The van der Waals surface area contributed by atoms with Crippen molar-refractivity contribution in [1.29, 1.82) is 0 Å². The Kier molecular flexibility index (Phi) is 4.86. The fourth-order valence-corrected chi connectivity index (χ4v) is 3.74. The molecule has 0 aliphatic carbocycles. The maximum absolute atomic E-state index is 11.8. The summed E-state index contributed by atoms with van der Waals surface area (Å²) in [6, 6.07) is 16.8. The van der Waals surface area contributed by atoms with Crippen LogP contribution >= 0.6 is 0 Å². The molecule has 140 valence electrons. The van der Waals surface area contributed by atoms with Crippen LogP contribution in [0.3, 0.4) is 0 Å². The number of nitrogens with zero attached hydrogens (tertiary/aromatic N) is 1. The Morgan fingerprint density at radius 1 is 1.19 bits per heavy atom. The monoisotopic (exact) mass is 363 g/mol. The molecule has 0 amide bonds. The Hall–Kier alpha value is -2.79. The number of nitrogens with one attached hydrogen (secondary N) is 2. The summed E-state index contributed by atoms with van der Waals surface area (Å²) >= 11 is 0. The van der Waals surface area contributed by atoms with Gasteiger partial charge in [-0.25, -0.2) is 0 Å². The standard InChI is InChI=1S/C22H25N3O2/c1-25(2)16-9-7-15(8-10-16)18(13-24-21-11-12-27-22(21)26)19-14-23-20-6-4-3-5-17(19)20/h3-10,14,18,21,23-24H,11-13H2,1-2H3/t18-,21-/m0/s1. The van der Waals surface area contributed by atoms with E-state index in [0.717, 1.165) is 11.9 Å². The van der Waals surface area contributed by atoms with Crippen LogP contribution in [0.2, 0.25) is 0 Å². The number of para-hydroxylation sites is 1. The second-order valence-electron chi connectivity index (χ2n) is 7.25. The van der Waals surface area contributed by atoms with Gasteiger partial charge in [0, 0.05) is 55.8 Å². The van der Waals surface area contributed by atoms with Crippen LogP contribution in [0.4, 0.5) is 5.69 Å². The normalized spacial score (nSPS) is 17.9. The van der Waals surface area contributed by atoms with E-state index in [0.29, 0.717) is 13.2 Å². The van der Waals surface area contributed by atoms with Crippen molar-refractivity contribution in [2.24, 2.45) is 0 Å². The van der Waals surface area contributed by atoms with Crippen molar-refractivity contribution in [3.63, 3.8) is 0 Å². The molecular weight excluding hydrogens is 338 g/mol. The van der Waals surface area contributed by atoms with Gasteiger partial charge in [-0.3, -0.25) is 4.79 Å². The minimum Gasteiger partial charge on any atom is -0.464 e. The maximum Gasteiger partial charge on any atom is 0.323 e. The van der Waals surface area contributed by atoms with E-state index in [1.54, 1.807) is 0 Å². The number of anilines is 1. The SMILES string of the molecule is CN(C)c1ccc([C@H](CN[C@H]2CCOC2=O)c2c[nH]c3ccccc23)cc1. The van der Waals surface area contributed by atoms with Crippen LogP contribution in [-0.2, 0) is 9.53 Å². The van der Waals surface area contributed by atoms with E-state index in [1.807, 2.05) is 20.2 Å². The van der Waals surface area contributed by atoms with Gasteiger partial charge in [0.1, 0.15) is 6.04 Å².